The van der Waals surface area contributed by atoms with Gasteiger partial charge in [-0.15, -0.1) is 0 Å². The molecule has 2 aliphatic rings. The summed E-state index contributed by atoms with van der Waals surface area (Å²) in [6, 6.07) is 9.22. The van der Waals surface area contributed by atoms with E-state index in [1.807, 2.05) is 19.1 Å². The van der Waals surface area contributed by atoms with E-state index in [1.54, 1.807) is 26.0 Å². The molecule has 0 atom stereocenters. The first-order valence-electron chi connectivity index (χ1n) is 13.3. The van der Waals surface area contributed by atoms with E-state index < -0.39 is 15.1 Å². The standard InChI is InChI=1S/C29H33N5O3S/c1-16(2)38(35,36)23-8-6-5-7-20(23)26-25-18(4)33-34-29(25)32-28(31-26)22-15-17(3)24(19-9-12-30-13-10-19)21-11-14-37-27(21)22/h5-8,15-16,19,30H,9-14H2,1-4H3,(H,31,32,33,34). The first kappa shape index (κ1) is 25.0. The van der Waals surface area contributed by atoms with Crippen LogP contribution in [0.3, 0.4) is 0 Å². The van der Waals surface area contributed by atoms with Crippen LogP contribution < -0.4 is 10.1 Å². The quantitative estimate of drug-likeness (QED) is 0.377. The number of H-pyrrole nitrogens is 1. The fourth-order valence-electron chi connectivity index (χ4n) is 5.94. The number of aromatic nitrogens is 4. The molecule has 0 saturated carbocycles. The first-order chi connectivity index (χ1) is 18.3. The summed E-state index contributed by atoms with van der Waals surface area (Å²) in [6.45, 7) is 10.2. The molecule has 0 bridgehead atoms. The van der Waals surface area contributed by atoms with E-state index >= 15 is 0 Å². The number of hydrogen-bond donors (Lipinski definition) is 2. The SMILES string of the molecule is Cc1cc(-c2nc(-c3ccccc3S(=O)(=O)C(C)C)c3c(C)[nH]nc3n2)c2c(c1C1CCNCC1)CCO2. The number of ether oxygens (including phenoxy) is 1. The lowest BCUT2D eigenvalue weighted by molar-refractivity contribution is 0.358. The Morgan fingerprint density at radius 2 is 1.82 bits per heavy atom. The van der Waals surface area contributed by atoms with Crippen molar-refractivity contribution in [3.05, 3.63) is 52.7 Å². The summed E-state index contributed by atoms with van der Waals surface area (Å²) >= 11 is 0. The number of aromatic amines is 1. The molecular formula is C29H33N5O3S. The molecule has 8 nitrogen and oxygen atoms in total. The van der Waals surface area contributed by atoms with Gasteiger partial charge < -0.3 is 10.1 Å². The number of hydrogen-bond acceptors (Lipinski definition) is 7. The minimum atomic E-state index is -3.55. The first-order valence-corrected chi connectivity index (χ1v) is 14.9. The average Bonchev–Trinajstić information content (AvgIpc) is 3.55. The fraction of sp³-hybridized carbons (Fsp3) is 0.414. The van der Waals surface area contributed by atoms with Crippen molar-refractivity contribution in [3.8, 4) is 28.4 Å². The van der Waals surface area contributed by atoms with E-state index in [1.165, 1.54) is 16.7 Å². The third-order valence-corrected chi connectivity index (χ3v) is 10.1. The normalized spacial score (nSPS) is 16.2. The van der Waals surface area contributed by atoms with E-state index in [0.29, 0.717) is 35.3 Å². The van der Waals surface area contributed by atoms with Crippen LogP contribution in [0.5, 0.6) is 5.75 Å². The van der Waals surface area contributed by atoms with Crippen molar-refractivity contribution >= 4 is 20.9 Å². The summed E-state index contributed by atoms with van der Waals surface area (Å²) in [7, 11) is -3.55. The van der Waals surface area contributed by atoms with E-state index in [4.69, 9.17) is 14.7 Å². The molecule has 2 N–H and O–H groups in total. The maximum Gasteiger partial charge on any atom is 0.185 e. The lowest BCUT2D eigenvalue weighted by Gasteiger charge is -2.27. The molecule has 0 spiro atoms. The summed E-state index contributed by atoms with van der Waals surface area (Å²) in [6.07, 6.45) is 3.11. The van der Waals surface area contributed by atoms with Crippen LogP contribution in [0.25, 0.3) is 33.7 Å². The van der Waals surface area contributed by atoms with Crippen LogP contribution in [-0.2, 0) is 16.3 Å². The third-order valence-electron chi connectivity index (χ3n) is 7.88. The predicted molar refractivity (Wildman–Crippen MR) is 148 cm³/mol. The maximum absolute atomic E-state index is 13.3. The van der Waals surface area contributed by atoms with Crippen LogP contribution in [0.2, 0.25) is 0 Å². The molecule has 0 unspecified atom stereocenters. The van der Waals surface area contributed by atoms with Crippen LogP contribution in [0.15, 0.2) is 35.2 Å². The van der Waals surface area contributed by atoms with Gasteiger partial charge in [-0.1, -0.05) is 18.2 Å². The van der Waals surface area contributed by atoms with Gasteiger partial charge in [-0.05, 0) is 82.8 Å². The molecule has 38 heavy (non-hydrogen) atoms. The summed E-state index contributed by atoms with van der Waals surface area (Å²) in [5.74, 6) is 1.86. The van der Waals surface area contributed by atoms with Gasteiger partial charge in [-0.2, -0.15) is 5.10 Å². The number of nitrogens with zero attached hydrogens (tertiary/aromatic N) is 3. The van der Waals surface area contributed by atoms with Gasteiger partial charge in [0.25, 0.3) is 0 Å². The smallest absolute Gasteiger partial charge is 0.185 e. The lowest BCUT2D eigenvalue weighted by Crippen LogP contribution is -2.27. The summed E-state index contributed by atoms with van der Waals surface area (Å²) in [4.78, 5) is 10.2. The van der Waals surface area contributed by atoms with Crippen LogP contribution >= 0.6 is 0 Å². The topological polar surface area (TPSA) is 110 Å². The molecule has 0 aliphatic carbocycles. The molecule has 198 valence electrons. The van der Waals surface area contributed by atoms with Gasteiger partial charge in [-0.25, -0.2) is 18.4 Å². The van der Waals surface area contributed by atoms with Gasteiger partial charge in [-0.3, -0.25) is 5.10 Å². The van der Waals surface area contributed by atoms with Crippen molar-refractivity contribution in [2.75, 3.05) is 19.7 Å². The number of benzene rings is 2. The highest BCUT2D eigenvalue weighted by molar-refractivity contribution is 7.92. The second-order valence-corrected chi connectivity index (χ2v) is 13.1. The van der Waals surface area contributed by atoms with Gasteiger partial charge in [0, 0.05) is 23.2 Å². The molecule has 0 radical (unpaired) electrons. The Morgan fingerprint density at radius 3 is 2.58 bits per heavy atom. The molecule has 1 fully saturated rings. The van der Waals surface area contributed by atoms with Crippen LogP contribution in [-0.4, -0.2) is 53.5 Å². The zero-order valence-electron chi connectivity index (χ0n) is 22.3. The number of piperidine rings is 1. The van der Waals surface area contributed by atoms with Gasteiger partial charge in [0.2, 0.25) is 0 Å². The molecule has 4 heterocycles. The zero-order chi connectivity index (χ0) is 26.6. The van der Waals surface area contributed by atoms with Gasteiger partial charge in [0.05, 0.1) is 33.4 Å². The number of fused-ring (bicyclic) bond motifs is 2. The average molecular weight is 532 g/mol. The molecule has 1 saturated heterocycles. The maximum atomic E-state index is 13.3. The van der Waals surface area contributed by atoms with E-state index in [0.717, 1.165) is 54.7 Å². The fourth-order valence-corrected chi connectivity index (χ4v) is 7.19. The number of rotatable bonds is 5. The minimum Gasteiger partial charge on any atom is -0.492 e. The zero-order valence-corrected chi connectivity index (χ0v) is 23.1. The Kier molecular flexibility index (Phi) is 6.23. The van der Waals surface area contributed by atoms with Crippen molar-refractivity contribution in [2.45, 2.75) is 63.0 Å². The molecule has 2 aliphatic heterocycles. The van der Waals surface area contributed by atoms with Gasteiger partial charge in [0.1, 0.15) is 5.75 Å². The van der Waals surface area contributed by atoms with Crippen molar-refractivity contribution in [3.63, 3.8) is 0 Å². The van der Waals surface area contributed by atoms with Crippen molar-refractivity contribution < 1.29 is 13.2 Å². The van der Waals surface area contributed by atoms with Crippen molar-refractivity contribution in [1.82, 2.24) is 25.5 Å². The monoisotopic (exact) mass is 531 g/mol. The Hall–Kier alpha value is -3.30. The molecule has 9 heteroatoms. The van der Waals surface area contributed by atoms with Crippen LogP contribution in [0.1, 0.15) is 55.0 Å². The molecular weight excluding hydrogens is 498 g/mol. The number of sulfone groups is 1. The van der Waals surface area contributed by atoms with Crippen molar-refractivity contribution in [2.24, 2.45) is 0 Å². The van der Waals surface area contributed by atoms with E-state index in [2.05, 4.69) is 28.5 Å². The Labute approximate surface area is 223 Å². The Balaban J connectivity index is 1.59. The molecule has 0 amide bonds. The highest BCUT2D eigenvalue weighted by Crippen LogP contribution is 2.45. The van der Waals surface area contributed by atoms with E-state index in [-0.39, 0.29) is 4.90 Å². The summed E-state index contributed by atoms with van der Waals surface area (Å²) < 4.78 is 32.9. The second-order valence-electron chi connectivity index (χ2n) is 10.6. The molecule has 2 aromatic carbocycles. The summed E-state index contributed by atoms with van der Waals surface area (Å²) in [5, 5.41) is 11.1. The molecule has 4 aromatic rings. The third kappa shape index (κ3) is 3.99. The molecule has 6 rings (SSSR count). The second kappa shape index (κ2) is 9.47. The predicted octanol–water partition coefficient (Wildman–Crippen LogP) is 4.89. The highest BCUT2D eigenvalue weighted by Gasteiger charge is 2.31. The highest BCUT2D eigenvalue weighted by atomic mass is 32.2. The van der Waals surface area contributed by atoms with Crippen LogP contribution in [0.4, 0.5) is 0 Å². The number of nitrogens with one attached hydrogen (secondary N) is 2. The largest absolute Gasteiger partial charge is 0.492 e. The minimum absolute atomic E-state index is 0.264. The number of aryl methyl sites for hydroxylation is 2. The Bertz CT molecular complexity index is 1650. The van der Waals surface area contributed by atoms with Gasteiger partial charge >= 0.3 is 0 Å². The van der Waals surface area contributed by atoms with Gasteiger partial charge in [0.15, 0.2) is 21.3 Å². The summed E-state index contributed by atoms with van der Waals surface area (Å²) in [5.41, 5.74) is 7.14. The van der Waals surface area contributed by atoms with Crippen LogP contribution in [0, 0.1) is 13.8 Å². The molecule has 2 aromatic heterocycles. The van der Waals surface area contributed by atoms with E-state index in [9.17, 15) is 8.42 Å². The Morgan fingerprint density at radius 1 is 1.05 bits per heavy atom. The van der Waals surface area contributed by atoms with Crippen molar-refractivity contribution in [1.29, 1.82) is 0 Å². The lowest BCUT2D eigenvalue weighted by atomic mass is 9.82.